The molecule has 3 aliphatic carbocycles. The van der Waals surface area contributed by atoms with Gasteiger partial charge in [-0.1, -0.05) is 18.1 Å². The molecule has 0 N–H and O–H groups in total. The molecule has 0 saturated heterocycles. The van der Waals surface area contributed by atoms with Crippen LogP contribution in [0.5, 0.6) is 0 Å². The zero-order valence-corrected chi connectivity index (χ0v) is 11.4. The largest absolute Gasteiger partial charge is 0.299 e. The van der Waals surface area contributed by atoms with Gasteiger partial charge in [-0.25, -0.2) is 0 Å². The molecular weight excluding hydrogens is 208 g/mol. The van der Waals surface area contributed by atoms with Crippen LogP contribution in [0.15, 0.2) is 11.1 Å². The molecule has 3 aliphatic rings. The maximum atomic E-state index is 12.1. The van der Waals surface area contributed by atoms with Gasteiger partial charge in [-0.2, -0.15) is 0 Å². The van der Waals surface area contributed by atoms with Crippen LogP contribution in [0.25, 0.3) is 0 Å². The molecule has 17 heavy (non-hydrogen) atoms. The monoisotopic (exact) mass is 232 g/mol. The Morgan fingerprint density at radius 2 is 1.88 bits per heavy atom. The van der Waals surface area contributed by atoms with Crippen LogP contribution < -0.4 is 0 Å². The molecule has 2 saturated carbocycles. The van der Waals surface area contributed by atoms with Gasteiger partial charge in [0.15, 0.2) is 0 Å². The van der Waals surface area contributed by atoms with Gasteiger partial charge in [0.1, 0.15) is 5.78 Å². The van der Waals surface area contributed by atoms with E-state index in [1.165, 1.54) is 25.7 Å². The van der Waals surface area contributed by atoms with Crippen molar-refractivity contribution in [3.05, 3.63) is 11.1 Å². The van der Waals surface area contributed by atoms with Crippen LogP contribution in [0.3, 0.4) is 0 Å². The molecule has 0 aromatic heterocycles. The molecule has 0 spiro atoms. The fraction of sp³-hybridized carbons (Fsp3) is 0.812. The third-order valence-corrected chi connectivity index (χ3v) is 6.23. The minimum absolute atomic E-state index is 0.0483. The average Bonchev–Trinajstić information content (AvgIpc) is 2.61. The summed E-state index contributed by atoms with van der Waals surface area (Å²) in [4.78, 5) is 12.1. The van der Waals surface area contributed by atoms with E-state index >= 15 is 0 Å². The highest BCUT2D eigenvalue weighted by molar-refractivity contribution is 5.87. The molecule has 0 amide bonds. The highest BCUT2D eigenvalue weighted by Crippen LogP contribution is 2.58. The third kappa shape index (κ3) is 1.47. The van der Waals surface area contributed by atoms with E-state index in [4.69, 9.17) is 0 Å². The molecular formula is C16H24O. The van der Waals surface area contributed by atoms with Crippen molar-refractivity contribution in [2.75, 3.05) is 0 Å². The highest BCUT2D eigenvalue weighted by atomic mass is 16.1. The van der Waals surface area contributed by atoms with E-state index in [1.807, 2.05) is 0 Å². The van der Waals surface area contributed by atoms with Crippen molar-refractivity contribution < 1.29 is 4.79 Å². The quantitative estimate of drug-likeness (QED) is 0.574. The number of carbonyl (C=O) groups is 1. The molecule has 0 radical (unpaired) electrons. The highest BCUT2D eigenvalue weighted by Gasteiger charge is 2.54. The zero-order valence-electron chi connectivity index (χ0n) is 11.4. The SMILES string of the molecule is CC1=C(C)C2CCC3(C)C(=O)CCC3C2CC1. The summed E-state index contributed by atoms with van der Waals surface area (Å²) >= 11 is 0. The Bertz CT molecular complexity index is 392. The summed E-state index contributed by atoms with van der Waals surface area (Å²) in [6, 6.07) is 0. The van der Waals surface area contributed by atoms with Gasteiger partial charge in [-0.3, -0.25) is 4.79 Å². The summed E-state index contributed by atoms with van der Waals surface area (Å²) in [5, 5.41) is 0. The molecule has 0 aromatic rings. The van der Waals surface area contributed by atoms with Crippen molar-refractivity contribution >= 4 is 5.78 Å². The third-order valence-electron chi connectivity index (χ3n) is 6.23. The van der Waals surface area contributed by atoms with E-state index in [-0.39, 0.29) is 5.41 Å². The lowest BCUT2D eigenvalue weighted by Gasteiger charge is -2.48. The Morgan fingerprint density at radius 1 is 1.12 bits per heavy atom. The van der Waals surface area contributed by atoms with E-state index < -0.39 is 0 Å². The first-order valence-electron chi connectivity index (χ1n) is 7.23. The van der Waals surface area contributed by atoms with Gasteiger partial charge in [0, 0.05) is 11.8 Å². The number of ketones is 1. The second-order valence-corrected chi connectivity index (χ2v) is 6.80. The fourth-order valence-corrected chi connectivity index (χ4v) is 4.90. The lowest BCUT2D eigenvalue weighted by molar-refractivity contribution is -0.129. The van der Waals surface area contributed by atoms with Gasteiger partial charge >= 0.3 is 0 Å². The second-order valence-electron chi connectivity index (χ2n) is 6.80. The molecule has 4 atom stereocenters. The lowest BCUT2D eigenvalue weighted by atomic mass is 9.56. The van der Waals surface area contributed by atoms with Gasteiger partial charge in [-0.05, 0) is 63.7 Å². The summed E-state index contributed by atoms with van der Waals surface area (Å²) in [6.45, 7) is 6.90. The minimum atomic E-state index is 0.0483. The molecule has 1 heteroatoms. The Morgan fingerprint density at radius 3 is 2.65 bits per heavy atom. The summed E-state index contributed by atoms with van der Waals surface area (Å²) in [7, 11) is 0. The van der Waals surface area contributed by atoms with Crippen molar-refractivity contribution in [1.82, 2.24) is 0 Å². The normalized spacial score (nSPS) is 45.8. The van der Waals surface area contributed by atoms with Crippen molar-refractivity contribution in [2.24, 2.45) is 23.2 Å². The summed E-state index contributed by atoms with van der Waals surface area (Å²) in [5.74, 6) is 2.86. The van der Waals surface area contributed by atoms with Crippen molar-refractivity contribution in [1.29, 1.82) is 0 Å². The Hall–Kier alpha value is -0.590. The van der Waals surface area contributed by atoms with Crippen LogP contribution in [0.1, 0.15) is 59.3 Å². The standard InChI is InChI=1S/C16H24O/c1-10-4-5-13-12(11(10)2)8-9-16(3)14(13)6-7-15(16)17/h12-14H,4-9H2,1-3H3. The molecule has 0 aromatic carbocycles. The molecule has 3 rings (SSSR count). The van der Waals surface area contributed by atoms with Gasteiger partial charge in [-0.15, -0.1) is 0 Å². The molecule has 0 aliphatic heterocycles. The van der Waals surface area contributed by atoms with Crippen LogP contribution in [0.2, 0.25) is 0 Å². The maximum Gasteiger partial charge on any atom is 0.139 e. The average molecular weight is 232 g/mol. The van der Waals surface area contributed by atoms with Gasteiger partial charge in [0.05, 0.1) is 0 Å². The van der Waals surface area contributed by atoms with Crippen LogP contribution >= 0.6 is 0 Å². The van der Waals surface area contributed by atoms with E-state index in [0.29, 0.717) is 11.7 Å². The van der Waals surface area contributed by atoms with Gasteiger partial charge in [0.2, 0.25) is 0 Å². The maximum absolute atomic E-state index is 12.1. The van der Waals surface area contributed by atoms with Crippen LogP contribution in [0, 0.1) is 23.2 Å². The predicted octanol–water partition coefficient (Wildman–Crippen LogP) is 4.13. The topological polar surface area (TPSA) is 17.1 Å². The van der Waals surface area contributed by atoms with Crippen LogP contribution in [-0.4, -0.2) is 5.78 Å². The molecule has 1 nitrogen and oxygen atoms in total. The minimum Gasteiger partial charge on any atom is -0.299 e. The summed E-state index contributed by atoms with van der Waals surface area (Å²) in [6.07, 6.45) is 7.03. The zero-order chi connectivity index (χ0) is 12.2. The Balaban J connectivity index is 1.94. The lowest BCUT2D eigenvalue weighted by Crippen LogP contribution is -2.43. The molecule has 4 unspecified atom stereocenters. The Labute approximate surface area is 105 Å². The van der Waals surface area contributed by atoms with Crippen LogP contribution in [-0.2, 0) is 4.79 Å². The molecule has 94 valence electrons. The number of rotatable bonds is 0. The number of carbonyl (C=O) groups excluding carboxylic acids is 1. The van der Waals surface area contributed by atoms with Gasteiger partial charge in [0.25, 0.3) is 0 Å². The first-order valence-corrected chi connectivity index (χ1v) is 7.23. The first-order chi connectivity index (χ1) is 8.04. The van der Waals surface area contributed by atoms with Crippen LogP contribution in [0.4, 0.5) is 0 Å². The van der Waals surface area contributed by atoms with Crippen molar-refractivity contribution in [3.63, 3.8) is 0 Å². The summed E-state index contributed by atoms with van der Waals surface area (Å²) < 4.78 is 0. The molecule has 0 bridgehead atoms. The van der Waals surface area contributed by atoms with E-state index in [2.05, 4.69) is 20.8 Å². The van der Waals surface area contributed by atoms with Gasteiger partial charge < -0.3 is 0 Å². The van der Waals surface area contributed by atoms with E-state index in [9.17, 15) is 4.79 Å². The van der Waals surface area contributed by atoms with Crippen molar-refractivity contribution in [3.8, 4) is 0 Å². The van der Waals surface area contributed by atoms with Crippen molar-refractivity contribution in [2.45, 2.75) is 59.3 Å². The molecule has 0 heterocycles. The number of fused-ring (bicyclic) bond motifs is 3. The van der Waals surface area contributed by atoms with E-state index in [0.717, 1.165) is 24.7 Å². The number of Topliss-reactive ketones (excluding diaryl/α,β-unsaturated/α-hetero) is 1. The summed E-state index contributed by atoms with van der Waals surface area (Å²) in [5.41, 5.74) is 3.33. The van der Waals surface area contributed by atoms with E-state index in [1.54, 1.807) is 11.1 Å². The number of hydrogen-bond donors (Lipinski definition) is 0. The molecule has 2 fully saturated rings. The number of hydrogen-bond acceptors (Lipinski definition) is 1. The smallest absolute Gasteiger partial charge is 0.139 e. The fourth-order valence-electron chi connectivity index (χ4n) is 4.90. The predicted molar refractivity (Wildman–Crippen MR) is 69.7 cm³/mol. The first kappa shape index (κ1) is 11.5. The second kappa shape index (κ2) is 3.70. The Kier molecular flexibility index (Phi) is 2.50. The number of allylic oxidation sites excluding steroid dienone is 2.